The Hall–Kier alpha value is -1.39. The lowest BCUT2D eigenvalue weighted by Crippen LogP contribution is -2.09. The summed E-state index contributed by atoms with van der Waals surface area (Å²) in [5.41, 5.74) is 6.85. The van der Waals surface area contributed by atoms with Crippen LogP contribution in [0.5, 0.6) is 0 Å². The molecule has 1 unspecified atom stereocenters. The monoisotopic (exact) mass is 248 g/mol. The normalized spacial score (nSPS) is 12.4. The molecule has 1 atom stereocenters. The van der Waals surface area contributed by atoms with Crippen molar-refractivity contribution in [3.63, 3.8) is 0 Å². The Bertz CT molecular complexity index is 459. The maximum Gasteiger partial charge on any atom is 0.123 e. The molecular weight excluding hydrogens is 235 g/mol. The van der Waals surface area contributed by atoms with Crippen molar-refractivity contribution >= 4 is 11.8 Å². The van der Waals surface area contributed by atoms with Crippen molar-refractivity contribution in [3.8, 4) is 0 Å². The van der Waals surface area contributed by atoms with Gasteiger partial charge in [-0.05, 0) is 35.9 Å². The second kappa shape index (κ2) is 5.80. The topological polar surface area (TPSA) is 38.9 Å². The number of rotatable bonds is 4. The number of hydrogen-bond acceptors (Lipinski definition) is 3. The molecule has 0 fully saturated rings. The van der Waals surface area contributed by atoms with E-state index in [9.17, 15) is 4.39 Å². The van der Waals surface area contributed by atoms with Crippen LogP contribution in [0.3, 0.4) is 0 Å². The summed E-state index contributed by atoms with van der Waals surface area (Å²) >= 11 is 1.62. The Morgan fingerprint density at radius 1 is 1.24 bits per heavy atom. The van der Waals surface area contributed by atoms with Crippen molar-refractivity contribution in [2.75, 3.05) is 6.54 Å². The molecule has 0 saturated carbocycles. The molecule has 4 heteroatoms. The Morgan fingerprint density at radius 2 is 2.00 bits per heavy atom. The minimum absolute atomic E-state index is 0.147. The minimum atomic E-state index is -0.222. The third-order valence-electron chi connectivity index (χ3n) is 2.36. The zero-order valence-electron chi connectivity index (χ0n) is 9.21. The molecule has 2 nitrogen and oxygen atoms in total. The van der Waals surface area contributed by atoms with Crippen molar-refractivity contribution in [3.05, 3.63) is 60.2 Å². The highest BCUT2D eigenvalue weighted by atomic mass is 32.2. The number of nitrogens with two attached hydrogens (primary N) is 1. The van der Waals surface area contributed by atoms with E-state index in [0.717, 1.165) is 10.5 Å². The molecule has 0 aliphatic heterocycles. The van der Waals surface area contributed by atoms with Gasteiger partial charge in [-0.15, -0.1) is 11.8 Å². The highest BCUT2D eigenvalue weighted by Gasteiger charge is 2.11. The zero-order chi connectivity index (χ0) is 12.1. The molecule has 0 radical (unpaired) electrons. The van der Waals surface area contributed by atoms with E-state index in [4.69, 9.17) is 5.73 Å². The molecule has 1 aromatic carbocycles. The third-order valence-corrected chi connectivity index (χ3v) is 3.66. The largest absolute Gasteiger partial charge is 0.329 e. The molecule has 17 heavy (non-hydrogen) atoms. The molecule has 88 valence electrons. The molecule has 0 aliphatic rings. The second-order valence-corrected chi connectivity index (χ2v) is 4.86. The lowest BCUT2D eigenvalue weighted by atomic mass is 10.2. The summed E-state index contributed by atoms with van der Waals surface area (Å²) < 4.78 is 12.8. The molecule has 0 bridgehead atoms. The fourth-order valence-corrected chi connectivity index (χ4v) is 2.49. The van der Waals surface area contributed by atoms with E-state index in [2.05, 4.69) is 4.98 Å². The van der Waals surface area contributed by atoms with Gasteiger partial charge in [0.05, 0.1) is 0 Å². The Balaban J connectivity index is 2.13. The predicted molar refractivity (Wildman–Crippen MR) is 68.3 cm³/mol. The number of pyridine rings is 1. The average molecular weight is 248 g/mol. The van der Waals surface area contributed by atoms with E-state index in [-0.39, 0.29) is 11.1 Å². The number of hydrogen-bond donors (Lipinski definition) is 1. The van der Waals surface area contributed by atoms with Gasteiger partial charge in [0, 0.05) is 29.1 Å². The molecule has 0 spiro atoms. The van der Waals surface area contributed by atoms with Crippen molar-refractivity contribution < 1.29 is 4.39 Å². The van der Waals surface area contributed by atoms with Crippen LogP contribution >= 0.6 is 11.8 Å². The van der Waals surface area contributed by atoms with Gasteiger partial charge < -0.3 is 5.73 Å². The van der Waals surface area contributed by atoms with Gasteiger partial charge in [-0.3, -0.25) is 4.98 Å². The second-order valence-electron chi connectivity index (χ2n) is 3.58. The Labute approximate surface area is 104 Å². The van der Waals surface area contributed by atoms with E-state index in [1.807, 2.05) is 18.3 Å². The van der Waals surface area contributed by atoms with E-state index < -0.39 is 0 Å². The van der Waals surface area contributed by atoms with Gasteiger partial charge in [0.2, 0.25) is 0 Å². The van der Waals surface area contributed by atoms with Crippen LogP contribution in [0.15, 0.2) is 53.7 Å². The van der Waals surface area contributed by atoms with Gasteiger partial charge >= 0.3 is 0 Å². The molecule has 2 rings (SSSR count). The van der Waals surface area contributed by atoms with Crippen LogP contribution in [0.25, 0.3) is 0 Å². The summed E-state index contributed by atoms with van der Waals surface area (Å²) in [4.78, 5) is 5.09. The molecule has 1 aromatic heterocycles. The van der Waals surface area contributed by atoms with Crippen molar-refractivity contribution in [1.29, 1.82) is 0 Å². The standard InChI is InChI=1S/C13H13FN2S/c14-11-3-5-12(6-4-11)17-13(8-15)10-2-1-7-16-9-10/h1-7,9,13H,8,15H2. The molecule has 2 N–H and O–H groups in total. The lowest BCUT2D eigenvalue weighted by molar-refractivity contribution is 0.626. The molecule has 0 aliphatic carbocycles. The highest BCUT2D eigenvalue weighted by molar-refractivity contribution is 7.99. The Kier molecular flexibility index (Phi) is 4.12. The van der Waals surface area contributed by atoms with Gasteiger partial charge in [-0.2, -0.15) is 0 Å². The van der Waals surface area contributed by atoms with Gasteiger partial charge in [0.15, 0.2) is 0 Å². The first kappa shape index (κ1) is 12.1. The lowest BCUT2D eigenvalue weighted by Gasteiger charge is -2.14. The van der Waals surface area contributed by atoms with Crippen LogP contribution in [0.4, 0.5) is 4.39 Å². The summed E-state index contributed by atoms with van der Waals surface area (Å²) in [6.45, 7) is 0.522. The number of halogens is 1. The predicted octanol–water partition coefficient (Wildman–Crippen LogP) is 3.01. The van der Waals surface area contributed by atoms with Gasteiger partial charge in [0.25, 0.3) is 0 Å². The van der Waals surface area contributed by atoms with Gasteiger partial charge in [-0.1, -0.05) is 6.07 Å². The molecular formula is C13H13FN2S. The summed E-state index contributed by atoms with van der Waals surface area (Å²) in [6, 6.07) is 10.3. The molecule has 2 aromatic rings. The van der Waals surface area contributed by atoms with E-state index in [0.29, 0.717) is 6.54 Å². The molecule has 0 saturated heterocycles. The van der Waals surface area contributed by atoms with Crippen LogP contribution in [0, 0.1) is 5.82 Å². The average Bonchev–Trinajstić information content (AvgIpc) is 2.39. The molecule has 1 heterocycles. The summed E-state index contributed by atoms with van der Waals surface area (Å²) in [5, 5.41) is 0.147. The van der Waals surface area contributed by atoms with Crippen LogP contribution < -0.4 is 5.73 Å². The van der Waals surface area contributed by atoms with Gasteiger partial charge in [0.1, 0.15) is 5.82 Å². The van der Waals surface area contributed by atoms with Crippen LogP contribution in [0.1, 0.15) is 10.8 Å². The fraction of sp³-hybridized carbons (Fsp3) is 0.154. The first-order chi connectivity index (χ1) is 8.29. The maximum absolute atomic E-state index is 12.8. The molecule has 0 amide bonds. The van der Waals surface area contributed by atoms with Crippen LogP contribution in [-0.2, 0) is 0 Å². The SMILES string of the molecule is NCC(Sc1ccc(F)cc1)c1cccnc1. The third kappa shape index (κ3) is 3.28. The highest BCUT2D eigenvalue weighted by Crippen LogP contribution is 2.33. The summed E-state index contributed by atoms with van der Waals surface area (Å²) in [7, 11) is 0. The summed E-state index contributed by atoms with van der Waals surface area (Å²) in [5.74, 6) is -0.222. The number of aromatic nitrogens is 1. The smallest absolute Gasteiger partial charge is 0.123 e. The van der Waals surface area contributed by atoms with E-state index in [1.165, 1.54) is 12.1 Å². The van der Waals surface area contributed by atoms with E-state index >= 15 is 0 Å². The number of thioether (sulfide) groups is 1. The van der Waals surface area contributed by atoms with Crippen molar-refractivity contribution in [1.82, 2.24) is 4.98 Å². The first-order valence-corrected chi connectivity index (χ1v) is 6.20. The first-order valence-electron chi connectivity index (χ1n) is 5.32. The van der Waals surface area contributed by atoms with Crippen molar-refractivity contribution in [2.45, 2.75) is 10.1 Å². The maximum atomic E-state index is 12.8. The minimum Gasteiger partial charge on any atom is -0.329 e. The fourth-order valence-electron chi connectivity index (χ4n) is 1.50. The van der Waals surface area contributed by atoms with Crippen LogP contribution in [0.2, 0.25) is 0 Å². The van der Waals surface area contributed by atoms with E-state index in [1.54, 1.807) is 30.1 Å². The Morgan fingerprint density at radius 3 is 2.59 bits per heavy atom. The number of nitrogens with zero attached hydrogens (tertiary/aromatic N) is 1. The number of benzene rings is 1. The zero-order valence-corrected chi connectivity index (χ0v) is 10.0. The van der Waals surface area contributed by atoms with Crippen LogP contribution in [-0.4, -0.2) is 11.5 Å². The quantitative estimate of drug-likeness (QED) is 0.845. The summed E-state index contributed by atoms with van der Waals surface area (Å²) in [6.07, 6.45) is 3.55. The van der Waals surface area contributed by atoms with Crippen molar-refractivity contribution in [2.24, 2.45) is 5.73 Å². The van der Waals surface area contributed by atoms with Gasteiger partial charge in [-0.25, -0.2) is 4.39 Å².